The Morgan fingerprint density at radius 2 is 2.03 bits per heavy atom. The van der Waals surface area contributed by atoms with Gasteiger partial charge in [-0.1, -0.05) is 3.89 Å². The van der Waals surface area contributed by atoms with Crippen molar-refractivity contribution in [3.63, 3.8) is 0 Å². The van der Waals surface area contributed by atoms with Gasteiger partial charge in [-0.3, -0.25) is 4.79 Å². The van der Waals surface area contributed by atoms with E-state index in [9.17, 15) is 27.0 Å². The first-order chi connectivity index (χ1) is 13.7. The first kappa shape index (κ1) is 17.8. The van der Waals surface area contributed by atoms with Crippen molar-refractivity contribution < 1.29 is 31.1 Å². The predicted octanol–water partition coefficient (Wildman–Crippen LogP) is 1.11. The third kappa shape index (κ3) is 2.77. The summed E-state index contributed by atoms with van der Waals surface area (Å²) in [6.45, 7) is -0.0231. The molecule has 3 aromatic rings. The number of fused-ring (bicyclic) bond motifs is 5. The molecule has 4 heterocycles. The second-order valence-electron chi connectivity index (χ2n) is 6.69. The number of benzene rings is 1. The average Bonchev–Trinajstić information content (AvgIpc) is 3.00. The van der Waals surface area contributed by atoms with Crippen molar-refractivity contribution in [3.8, 4) is 17.1 Å². The van der Waals surface area contributed by atoms with Crippen molar-refractivity contribution in [1.82, 2.24) is 9.55 Å². The highest BCUT2D eigenvalue weighted by molar-refractivity contribution is 7.81. The maximum Gasteiger partial charge on any atom is 0.488 e. The molecular weight excluding hydrogens is 407 g/mol. The Morgan fingerprint density at radius 1 is 1.24 bits per heavy atom. The minimum atomic E-state index is -5.15. The molecule has 29 heavy (non-hydrogen) atoms. The van der Waals surface area contributed by atoms with Crippen LogP contribution in [0.25, 0.3) is 22.3 Å². The fourth-order valence-electron chi connectivity index (χ4n) is 3.68. The summed E-state index contributed by atoms with van der Waals surface area (Å²) in [5, 5.41) is 10.6. The average molecular weight is 418 g/mol. The number of hydrogen-bond donors (Lipinski definition) is 1. The summed E-state index contributed by atoms with van der Waals surface area (Å²) in [5.41, 5.74) is 2.09. The number of esters is 1. The lowest BCUT2D eigenvalue weighted by molar-refractivity contribution is -0.157. The van der Waals surface area contributed by atoms with Crippen LogP contribution in [0.4, 0.5) is 3.89 Å². The Balaban J connectivity index is 1.67. The lowest BCUT2D eigenvalue weighted by atomic mass is 10.0. The van der Waals surface area contributed by atoms with Crippen molar-refractivity contribution in [1.29, 1.82) is 0 Å². The molecule has 0 aliphatic carbocycles. The lowest BCUT2D eigenvalue weighted by Gasteiger charge is -2.21. The Bertz CT molecular complexity index is 1400. The van der Waals surface area contributed by atoms with Crippen molar-refractivity contribution >= 4 is 27.4 Å². The van der Waals surface area contributed by atoms with Crippen LogP contribution in [0.1, 0.15) is 22.8 Å². The number of pyridine rings is 2. The maximum atomic E-state index is 12.8. The fourth-order valence-corrected chi connectivity index (χ4v) is 4.01. The number of hydrogen-bond acceptors (Lipinski definition) is 8. The standard InChI is InChI=1S/C18H11FN2O7S/c19-29(25,26)28-10-1-2-13-8(4-10)3-9-6-21-14(15(9)20-13)5-11-12(17(21)23)7-27-18(24)16(11)22/h1-5,16,22H,6-7H2. The topological polar surface area (TPSA) is 125 Å². The van der Waals surface area contributed by atoms with Crippen LogP contribution in [0.15, 0.2) is 35.1 Å². The molecule has 0 radical (unpaired) electrons. The van der Waals surface area contributed by atoms with Crippen LogP contribution in [0.5, 0.6) is 5.75 Å². The fraction of sp³-hybridized carbons (Fsp3) is 0.167. The van der Waals surface area contributed by atoms with Crippen LogP contribution >= 0.6 is 0 Å². The summed E-state index contributed by atoms with van der Waals surface area (Å²) in [4.78, 5) is 29.0. The second kappa shape index (κ2) is 5.84. The van der Waals surface area contributed by atoms with Crippen LogP contribution in [0, 0.1) is 0 Å². The molecular formula is C18H11FN2O7S. The van der Waals surface area contributed by atoms with Gasteiger partial charge in [0.25, 0.3) is 5.56 Å². The number of halogens is 1. The molecule has 0 saturated carbocycles. The van der Waals surface area contributed by atoms with E-state index in [1.165, 1.54) is 22.8 Å². The zero-order valence-electron chi connectivity index (χ0n) is 14.5. The third-order valence-corrected chi connectivity index (χ3v) is 5.33. The molecule has 0 fully saturated rings. The normalized spacial score (nSPS) is 17.4. The summed E-state index contributed by atoms with van der Waals surface area (Å²) in [7, 11) is -5.15. The Hall–Kier alpha value is -3.31. The molecule has 0 amide bonds. The number of rotatable bonds is 2. The highest BCUT2D eigenvalue weighted by atomic mass is 32.3. The third-order valence-electron chi connectivity index (χ3n) is 4.94. The maximum absolute atomic E-state index is 12.8. The second-order valence-corrected chi connectivity index (χ2v) is 7.64. The van der Waals surface area contributed by atoms with Gasteiger partial charge in [0.2, 0.25) is 0 Å². The van der Waals surface area contributed by atoms with Gasteiger partial charge in [0.05, 0.1) is 29.0 Å². The van der Waals surface area contributed by atoms with Crippen LogP contribution in [0.3, 0.4) is 0 Å². The van der Waals surface area contributed by atoms with Crippen LogP contribution in [-0.4, -0.2) is 29.0 Å². The largest absolute Gasteiger partial charge is 0.488 e. The Morgan fingerprint density at radius 3 is 2.79 bits per heavy atom. The van der Waals surface area contributed by atoms with Gasteiger partial charge >= 0.3 is 16.5 Å². The Labute approximate surface area is 162 Å². The number of cyclic esters (lactones) is 1. The van der Waals surface area contributed by atoms with Crippen molar-refractivity contribution in [2.75, 3.05) is 0 Å². The highest BCUT2D eigenvalue weighted by Gasteiger charge is 2.33. The minimum Gasteiger partial charge on any atom is -0.458 e. The Kier molecular flexibility index (Phi) is 3.58. The summed E-state index contributed by atoms with van der Waals surface area (Å²) < 4.78 is 44.7. The lowest BCUT2D eigenvalue weighted by Crippen LogP contribution is -2.32. The molecule has 0 bridgehead atoms. The molecule has 5 rings (SSSR count). The molecule has 2 aliphatic heterocycles. The van der Waals surface area contributed by atoms with Gasteiger partial charge in [0.1, 0.15) is 12.4 Å². The zero-order valence-corrected chi connectivity index (χ0v) is 15.3. The molecule has 148 valence electrons. The van der Waals surface area contributed by atoms with Gasteiger partial charge in [0, 0.05) is 16.5 Å². The first-order valence-corrected chi connectivity index (χ1v) is 9.71. The van der Waals surface area contributed by atoms with Crippen LogP contribution in [-0.2, 0) is 33.2 Å². The zero-order chi connectivity index (χ0) is 20.5. The molecule has 9 nitrogen and oxygen atoms in total. The molecule has 2 aliphatic rings. The highest BCUT2D eigenvalue weighted by Crippen LogP contribution is 2.35. The van der Waals surface area contributed by atoms with E-state index >= 15 is 0 Å². The summed E-state index contributed by atoms with van der Waals surface area (Å²) in [6, 6.07) is 7.29. The number of ether oxygens (including phenoxy) is 1. The van der Waals surface area contributed by atoms with E-state index < -0.39 is 28.1 Å². The molecule has 1 unspecified atom stereocenters. The smallest absolute Gasteiger partial charge is 0.458 e. The van der Waals surface area contributed by atoms with E-state index in [1.54, 1.807) is 12.1 Å². The van der Waals surface area contributed by atoms with Gasteiger partial charge in [-0.05, 0) is 30.3 Å². The number of nitrogens with zero attached hydrogens (tertiary/aromatic N) is 2. The van der Waals surface area contributed by atoms with Gasteiger partial charge in [-0.25, -0.2) is 9.78 Å². The summed E-state index contributed by atoms with van der Waals surface area (Å²) >= 11 is 0. The molecule has 0 spiro atoms. The van der Waals surface area contributed by atoms with Crippen LogP contribution < -0.4 is 9.74 Å². The number of aromatic nitrogens is 2. The molecule has 1 N–H and O–H groups in total. The van der Waals surface area contributed by atoms with E-state index in [-0.39, 0.29) is 30.0 Å². The molecule has 1 aromatic carbocycles. The van der Waals surface area contributed by atoms with E-state index in [1.807, 2.05) is 0 Å². The molecule has 1 atom stereocenters. The molecule has 11 heteroatoms. The number of aliphatic hydroxyl groups is 1. The summed E-state index contributed by atoms with van der Waals surface area (Å²) in [5.74, 6) is -1.02. The van der Waals surface area contributed by atoms with E-state index in [0.717, 1.165) is 0 Å². The monoisotopic (exact) mass is 418 g/mol. The molecule has 0 saturated heterocycles. The SMILES string of the molecule is O=C1OCc2c(cc3n(c2=O)Cc2cc4cc(OS(=O)(=O)F)ccc4nc2-3)C1O. The van der Waals surface area contributed by atoms with Gasteiger partial charge in [0.15, 0.2) is 6.10 Å². The van der Waals surface area contributed by atoms with Crippen molar-refractivity contribution in [2.45, 2.75) is 19.3 Å². The van der Waals surface area contributed by atoms with Crippen molar-refractivity contribution in [2.24, 2.45) is 0 Å². The van der Waals surface area contributed by atoms with Crippen molar-refractivity contribution in [3.05, 3.63) is 57.4 Å². The first-order valence-electron chi connectivity index (χ1n) is 8.41. The van der Waals surface area contributed by atoms with Crippen LogP contribution in [0.2, 0.25) is 0 Å². The van der Waals surface area contributed by atoms with Gasteiger partial charge in [-0.2, -0.15) is 8.42 Å². The predicted molar refractivity (Wildman–Crippen MR) is 96.0 cm³/mol. The van der Waals surface area contributed by atoms with E-state index in [0.29, 0.717) is 27.9 Å². The van der Waals surface area contributed by atoms with Gasteiger partial charge in [-0.15, -0.1) is 0 Å². The number of carbonyl (C=O) groups excluding carboxylic acids is 1. The van der Waals surface area contributed by atoms with Gasteiger partial charge < -0.3 is 18.6 Å². The molecule has 2 aromatic heterocycles. The van der Waals surface area contributed by atoms with E-state index in [4.69, 9.17) is 4.74 Å². The number of carbonyl (C=O) groups is 1. The number of aliphatic hydroxyl groups excluding tert-OH is 1. The quantitative estimate of drug-likeness (QED) is 0.379. The summed E-state index contributed by atoms with van der Waals surface area (Å²) in [6.07, 6.45) is -1.54. The minimum absolute atomic E-state index is 0.191. The van der Waals surface area contributed by atoms with E-state index in [2.05, 4.69) is 9.17 Å².